The van der Waals surface area contributed by atoms with E-state index in [2.05, 4.69) is 4.98 Å². The van der Waals surface area contributed by atoms with Crippen LogP contribution in [0.15, 0.2) is 23.0 Å². The number of rotatable bonds is 4. The molecule has 5 heteroatoms. The molecule has 2 aromatic rings. The Balaban J connectivity index is 2.68. The number of aromatic amines is 1. The quantitative estimate of drug-likeness (QED) is 0.895. The monoisotopic (exact) mass is 249 g/mol. The minimum Gasteiger partial charge on any atom is -0.493 e. The number of ether oxygens (including phenoxy) is 3. The van der Waals surface area contributed by atoms with Crippen LogP contribution in [-0.4, -0.2) is 26.3 Å². The summed E-state index contributed by atoms with van der Waals surface area (Å²) in [5.74, 6) is 1.12. The first-order valence-corrected chi connectivity index (χ1v) is 5.46. The highest BCUT2D eigenvalue weighted by Gasteiger charge is 2.09. The summed E-state index contributed by atoms with van der Waals surface area (Å²) in [6.45, 7) is 0.361. The van der Waals surface area contributed by atoms with Gasteiger partial charge in [-0.15, -0.1) is 0 Å². The lowest BCUT2D eigenvalue weighted by atomic mass is 10.1. The first-order chi connectivity index (χ1) is 8.69. The minimum atomic E-state index is -0.0725. The maximum atomic E-state index is 12.0. The Morgan fingerprint density at radius 2 is 1.72 bits per heavy atom. The molecule has 0 atom stereocenters. The molecule has 18 heavy (non-hydrogen) atoms. The molecule has 1 aromatic heterocycles. The van der Waals surface area contributed by atoms with Crippen molar-refractivity contribution in [1.82, 2.24) is 4.98 Å². The van der Waals surface area contributed by atoms with Crippen molar-refractivity contribution < 1.29 is 14.2 Å². The maximum absolute atomic E-state index is 12.0. The lowest BCUT2D eigenvalue weighted by Gasteiger charge is -2.10. The molecular formula is C13H15NO4. The van der Waals surface area contributed by atoms with Crippen molar-refractivity contribution in [2.75, 3.05) is 21.3 Å². The smallest absolute Gasteiger partial charge is 0.189 e. The number of benzene rings is 1. The highest BCUT2D eigenvalue weighted by molar-refractivity contribution is 5.82. The number of hydrogen-bond donors (Lipinski definition) is 1. The van der Waals surface area contributed by atoms with E-state index in [4.69, 9.17) is 14.2 Å². The number of pyridine rings is 1. The van der Waals surface area contributed by atoms with Crippen LogP contribution in [0.1, 0.15) is 5.69 Å². The minimum absolute atomic E-state index is 0.0725. The second-order valence-corrected chi connectivity index (χ2v) is 3.84. The molecule has 5 nitrogen and oxygen atoms in total. The molecule has 0 unspecified atom stereocenters. The summed E-state index contributed by atoms with van der Waals surface area (Å²) < 4.78 is 15.4. The topological polar surface area (TPSA) is 60.6 Å². The van der Waals surface area contributed by atoms with Crippen LogP contribution < -0.4 is 14.9 Å². The molecule has 1 N–H and O–H groups in total. The largest absolute Gasteiger partial charge is 0.493 e. The molecule has 0 bridgehead atoms. The van der Waals surface area contributed by atoms with Gasteiger partial charge in [0.25, 0.3) is 0 Å². The molecule has 0 spiro atoms. The fourth-order valence-electron chi connectivity index (χ4n) is 1.86. The number of nitrogens with one attached hydrogen (secondary N) is 1. The van der Waals surface area contributed by atoms with Gasteiger partial charge >= 0.3 is 0 Å². The van der Waals surface area contributed by atoms with Crippen molar-refractivity contribution in [3.8, 4) is 11.5 Å². The maximum Gasteiger partial charge on any atom is 0.189 e. The first kappa shape index (κ1) is 12.4. The van der Waals surface area contributed by atoms with Gasteiger partial charge in [-0.1, -0.05) is 0 Å². The van der Waals surface area contributed by atoms with E-state index in [0.29, 0.717) is 29.0 Å². The third-order valence-electron chi connectivity index (χ3n) is 2.69. The number of H-pyrrole nitrogens is 1. The van der Waals surface area contributed by atoms with E-state index in [9.17, 15) is 4.79 Å². The van der Waals surface area contributed by atoms with E-state index in [-0.39, 0.29) is 5.43 Å². The van der Waals surface area contributed by atoms with E-state index in [1.165, 1.54) is 13.2 Å². The van der Waals surface area contributed by atoms with Crippen LogP contribution >= 0.6 is 0 Å². The number of hydrogen-bond acceptors (Lipinski definition) is 4. The summed E-state index contributed by atoms with van der Waals surface area (Å²) in [5, 5.41) is 0.563. The van der Waals surface area contributed by atoms with Gasteiger partial charge in [0, 0.05) is 30.3 Å². The Labute approximate surface area is 104 Å². The zero-order valence-corrected chi connectivity index (χ0v) is 10.6. The van der Waals surface area contributed by atoms with Crippen molar-refractivity contribution >= 4 is 10.9 Å². The van der Waals surface area contributed by atoms with Gasteiger partial charge < -0.3 is 19.2 Å². The number of methoxy groups -OCH3 is 3. The van der Waals surface area contributed by atoms with Crippen LogP contribution in [-0.2, 0) is 11.3 Å². The van der Waals surface area contributed by atoms with Crippen LogP contribution in [0.5, 0.6) is 11.5 Å². The van der Waals surface area contributed by atoms with Crippen molar-refractivity contribution in [3.05, 3.63) is 34.1 Å². The highest BCUT2D eigenvalue weighted by atomic mass is 16.5. The zero-order valence-electron chi connectivity index (χ0n) is 10.6. The molecule has 1 heterocycles. The van der Waals surface area contributed by atoms with E-state index in [1.807, 2.05) is 0 Å². The average Bonchev–Trinajstić information content (AvgIpc) is 2.37. The van der Waals surface area contributed by atoms with Crippen molar-refractivity contribution in [3.63, 3.8) is 0 Å². The molecule has 2 rings (SSSR count). The van der Waals surface area contributed by atoms with Gasteiger partial charge in [-0.3, -0.25) is 4.79 Å². The Morgan fingerprint density at radius 3 is 2.33 bits per heavy atom. The number of fused-ring (bicyclic) bond motifs is 1. The second kappa shape index (κ2) is 5.10. The third-order valence-corrected chi connectivity index (χ3v) is 2.69. The molecule has 96 valence electrons. The van der Waals surface area contributed by atoms with E-state index in [1.54, 1.807) is 26.4 Å². The fraction of sp³-hybridized carbons (Fsp3) is 0.308. The van der Waals surface area contributed by atoms with Crippen LogP contribution in [0.2, 0.25) is 0 Å². The van der Waals surface area contributed by atoms with Gasteiger partial charge in [0.05, 0.1) is 26.3 Å². The summed E-state index contributed by atoms with van der Waals surface area (Å²) in [7, 11) is 4.68. The van der Waals surface area contributed by atoms with E-state index >= 15 is 0 Å². The molecular weight excluding hydrogens is 234 g/mol. The predicted octanol–water partition coefficient (Wildman–Crippen LogP) is 1.69. The summed E-state index contributed by atoms with van der Waals surface area (Å²) >= 11 is 0. The summed E-state index contributed by atoms with van der Waals surface area (Å²) in [6, 6.07) is 4.94. The van der Waals surface area contributed by atoms with Crippen LogP contribution in [0.4, 0.5) is 0 Å². The van der Waals surface area contributed by atoms with Gasteiger partial charge in [-0.05, 0) is 6.07 Å². The van der Waals surface area contributed by atoms with Gasteiger partial charge in [-0.2, -0.15) is 0 Å². The lowest BCUT2D eigenvalue weighted by molar-refractivity contribution is 0.181. The molecule has 0 aliphatic rings. The van der Waals surface area contributed by atoms with Gasteiger partial charge in [0.2, 0.25) is 0 Å². The Hall–Kier alpha value is -2.01. The summed E-state index contributed by atoms with van der Waals surface area (Å²) in [5.41, 5.74) is 1.35. The number of aromatic nitrogens is 1. The molecule has 0 fully saturated rings. The summed E-state index contributed by atoms with van der Waals surface area (Å²) in [4.78, 5) is 15.1. The molecule has 1 aromatic carbocycles. The van der Waals surface area contributed by atoms with Crippen LogP contribution in [0, 0.1) is 0 Å². The average molecular weight is 249 g/mol. The van der Waals surface area contributed by atoms with Gasteiger partial charge in [-0.25, -0.2) is 0 Å². The third kappa shape index (κ3) is 2.17. The Bertz CT molecular complexity index is 618. The second-order valence-electron chi connectivity index (χ2n) is 3.84. The molecule has 0 amide bonds. The summed E-state index contributed by atoms with van der Waals surface area (Å²) in [6.07, 6.45) is 0. The SMILES string of the molecule is COCc1cc(=O)c2cc(OC)c(OC)cc2[nH]1. The van der Waals surface area contributed by atoms with Gasteiger partial charge in [0.15, 0.2) is 16.9 Å². The van der Waals surface area contributed by atoms with Crippen molar-refractivity contribution in [1.29, 1.82) is 0 Å². The molecule has 0 aliphatic carbocycles. The molecule has 0 radical (unpaired) electrons. The standard InChI is InChI=1S/C13H15NO4/c1-16-7-8-4-11(15)9-5-12(17-2)13(18-3)6-10(9)14-8/h4-6H,7H2,1-3H3,(H,14,15). The van der Waals surface area contributed by atoms with Crippen molar-refractivity contribution in [2.24, 2.45) is 0 Å². The zero-order chi connectivity index (χ0) is 13.1. The van der Waals surface area contributed by atoms with E-state index in [0.717, 1.165) is 5.69 Å². The van der Waals surface area contributed by atoms with Gasteiger partial charge in [0.1, 0.15) is 0 Å². The lowest BCUT2D eigenvalue weighted by Crippen LogP contribution is -2.06. The Morgan fingerprint density at radius 1 is 1.06 bits per heavy atom. The molecule has 0 aliphatic heterocycles. The van der Waals surface area contributed by atoms with Crippen molar-refractivity contribution in [2.45, 2.75) is 6.61 Å². The van der Waals surface area contributed by atoms with E-state index < -0.39 is 0 Å². The highest BCUT2D eigenvalue weighted by Crippen LogP contribution is 2.30. The normalized spacial score (nSPS) is 10.6. The van der Waals surface area contributed by atoms with Crippen LogP contribution in [0.25, 0.3) is 10.9 Å². The predicted molar refractivity (Wildman–Crippen MR) is 68.4 cm³/mol. The fourth-order valence-corrected chi connectivity index (χ4v) is 1.86. The molecule has 0 saturated carbocycles. The molecule has 0 saturated heterocycles. The van der Waals surface area contributed by atoms with Crippen LogP contribution in [0.3, 0.4) is 0 Å². The Kier molecular flexibility index (Phi) is 3.53. The first-order valence-electron chi connectivity index (χ1n) is 5.46.